The fraction of sp³-hybridized carbons (Fsp3) is 0.357. The molecule has 1 amide bonds. The minimum atomic E-state index is -0.773. The van der Waals surface area contributed by atoms with Crippen molar-refractivity contribution in [3.63, 3.8) is 0 Å². The third-order valence-corrected chi connectivity index (χ3v) is 7.30. The molecule has 2 saturated heterocycles. The van der Waals surface area contributed by atoms with Gasteiger partial charge in [0, 0.05) is 56.4 Å². The molecule has 5 heterocycles. The molecule has 4 aromatic rings. The van der Waals surface area contributed by atoms with Crippen LogP contribution in [0.15, 0.2) is 36.8 Å². The molecule has 214 valence electrons. The van der Waals surface area contributed by atoms with Crippen LogP contribution in [-0.4, -0.2) is 95.2 Å². The van der Waals surface area contributed by atoms with Gasteiger partial charge in [-0.15, -0.1) is 0 Å². The van der Waals surface area contributed by atoms with Crippen LogP contribution in [0.1, 0.15) is 16.1 Å². The third-order valence-electron chi connectivity index (χ3n) is 7.30. The van der Waals surface area contributed by atoms with Gasteiger partial charge in [0.2, 0.25) is 5.88 Å². The van der Waals surface area contributed by atoms with Crippen molar-refractivity contribution < 1.29 is 23.0 Å². The average molecular weight is 565 g/mol. The summed E-state index contributed by atoms with van der Waals surface area (Å²) in [4.78, 5) is 35.6. The lowest BCUT2D eigenvalue weighted by Gasteiger charge is -2.33. The first kappa shape index (κ1) is 26.8. The second kappa shape index (κ2) is 11.3. The van der Waals surface area contributed by atoms with Crippen molar-refractivity contribution in [2.45, 2.75) is 6.92 Å². The number of rotatable bonds is 6. The van der Waals surface area contributed by atoms with Crippen molar-refractivity contribution >= 4 is 34.1 Å². The Morgan fingerprint density at radius 1 is 1.05 bits per heavy atom. The number of amides is 1. The van der Waals surface area contributed by atoms with Crippen LogP contribution in [0.4, 0.5) is 26.1 Å². The van der Waals surface area contributed by atoms with Gasteiger partial charge in [0.15, 0.2) is 23.2 Å². The van der Waals surface area contributed by atoms with Gasteiger partial charge in [0.25, 0.3) is 5.91 Å². The van der Waals surface area contributed by atoms with E-state index in [0.717, 1.165) is 37.9 Å². The number of H-pyrrole nitrogens is 1. The van der Waals surface area contributed by atoms with Gasteiger partial charge >= 0.3 is 0 Å². The molecule has 0 unspecified atom stereocenters. The van der Waals surface area contributed by atoms with Gasteiger partial charge in [-0.3, -0.25) is 4.79 Å². The van der Waals surface area contributed by atoms with E-state index in [0.29, 0.717) is 37.8 Å². The number of piperazine rings is 1. The van der Waals surface area contributed by atoms with E-state index in [1.165, 1.54) is 12.4 Å². The maximum absolute atomic E-state index is 15.4. The number of hydrogen-bond acceptors (Lipinski definition) is 9. The predicted octanol–water partition coefficient (Wildman–Crippen LogP) is 3.70. The van der Waals surface area contributed by atoms with Gasteiger partial charge in [0.05, 0.1) is 30.6 Å². The van der Waals surface area contributed by atoms with Crippen LogP contribution in [0.2, 0.25) is 0 Å². The van der Waals surface area contributed by atoms with Gasteiger partial charge in [0.1, 0.15) is 17.7 Å². The Bertz CT molecular complexity index is 1570. The van der Waals surface area contributed by atoms with Crippen LogP contribution in [0.25, 0.3) is 10.9 Å². The second-order valence-electron chi connectivity index (χ2n) is 10.1. The Hall–Kier alpha value is -4.36. The topological polar surface area (TPSA) is 112 Å². The zero-order valence-electron chi connectivity index (χ0n) is 22.8. The SMILES string of the molecule is Cc1cc2c(F)c(Oc3ncnc(Nc4ccc(N5CCN(C)CC5)cn4)c3C(=O)N3CCOCC3)cc(F)c2[nH]1. The lowest BCUT2D eigenvalue weighted by molar-refractivity contribution is 0.0301. The molecule has 2 aliphatic heterocycles. The van der Waals surface area contributed by atoms with Crippen molar-refractivity contribution in [3.05, 3.63) is 59.7 Å². The summed E-state index contributed by atoms with van der Waals surface area (Å²) < 4.78 is 41.4. The predicted molar refractivity (Wildman–Crippen MR) is 149 cm³/mol. The summed E-state index contributed by atoms with van der Waals surface area (Å²) >= 11 is 0. The van der Waals surface area contributed by atoms with Gasteiger partial charge in [-0.05, 0) is 32.2 Å². The van der Waals surface area contributed by atoms with Crippen molar-refractivity contribution in [2.75, 3.05) is 69.7 Å². The molecule has 2 fully saturated rings. The number of likely N-dealkylation sites (N-methyl/N-ethyl adjacent to an activating group) is 1. The molecule has 0 saturated carbocycles. The van der Waals surface area contributed by atoms with E-state index in [1.807, 2.05) is 6.07 Å². The Morgan fingerprint density at radius 3 is 2.56 bits per heavy atom. The molecule has 2 aliphatic rings. The number of aromatic nitrogens is 4. The van der Waals surface area contributed by atoms with Gasteiger partial charge < -0.3 is 34.5 Å². The molecule has 11 nitrogen and oxygen atoms in total. The number of pyridine rings is 1. The Labute approximate surface area is 235 Å². The van der Waals surface area contributed by atoms with E-state index in [-0.39, 0.29) is 28.2 Å². The number of carbonyl (C=O) groups is 1. The standard InChI is InChI=1S/C28H30F2N8O3/c1-17-13-19-24(30)21(14-20(29)25(19)34-17)41-27-23(28(39)38-9-11-40-12-10-38)26(32-16-33-27)35-22-4-3-18(15-31-22)37-7-5-36(2)6-8-37/h3-4,13-16,34H,5-12H2,1-2H3,(H,31,32,33,35). The second-order valence-corrected chi connectivity index (χ2v) is 10.1. The summed E-state index contributed by atoms with van der Waals surface area (Å²) in [5.74, 6) is -1.93. The van der Waals surface area contributed by atoms with Crippen LogP contribution in [-0.2, 0) is 4.74 Å². The van der Waals surface area contributed by atoms with Crippen LogP contribution in [0, 0.1) is 18.6 Å². The number of carbonyl (C=O) groups excluding carboxylic acids is 1. The van der Waals surface area contributed by atoms with Crippen LogP contribution >= 0.6 is 0 Å². The number of ether oxygens (including phenoxy) is 2. The van der Waals surface area contributed by atoms with Gasteiger partial charge in [-0.25, -0.2) is 23.7 Å². The lowest BCUT2D eigenvalue weighted by Crippen LogP contribution is -2.44. The molecule has 6 rings (SSSR count). The fourth-order valence-corrected chi connectivity index (χ4v) is 5.00. The molecule has 13 heteroatoms. The molecule has 0 radical (unpaired) electrons. The number of aromatic amines is 1. The summed E-state index contributed by atoms with van der Waals surface area (Å²) in [6, 6.07) is 6.18. The summed E-state index contributed by atoms with van der Waals surface area (Å²) in [6.45, 7) is 6.89. The normalized spacial score (nSPS) is 16.3. The van der Waals surface area contributed by atoms with Crippen molar-refractivity contribution in [2.24, 2.45) is 0 Å². The number of halogens is 2. The minimum Gasteiger partial charge on any atom is -0.435 e. The monoisotopic (exact) mass is 564 g/mol. The number of nitrogens with zero attached hydrogens (tertiary/aromatic N) is 6. The zero-order valence-corrected chi connectivity index (χ0v) is 22.8. The number of anilines is 3. The lowest BCUT2D eigenvalue weighted by atomic mass is 10.2. The number of fused-ring (bicyclic) bond motifs is 1. The summed E-state index contributed by atoms with van der Waals surface area (Å²) in [7, 11) is 2.10. The number of morpholine rings is 1. The first-order valence-corrected chi connectivity index (χ1v) is 13.4. The molecule has 41 heavy (non-hydrogen) atoms. The fourth-order valence-electron chi connectivity index (χ4n) is 5.00. The number of aryl methyl sites for hydroxylation is 1. The first-order chi connectivity index (χ1) is 19.9. The molecule has 0 spiro atoms. The molecular weight excluding hydrogens is 534 g/mol. The summed E-state index contributed by atoms with van der Waals surface area (Å²) in [5, 5.41) is 3.13. The quantitative estimate of drug-likeness (QED) is 0.362. The van der Waals surface area contributed by atoms with Crippen LogP contribution in [0.5, 0.6) is 11.6 Å². The van der Waals surface area contributed by atoms with Crippen molar-refractivity contribution in [3.8, 4) is 11.6 Å². The molecule has 0 bridgehead atoms. The number of hydrogen-bond donors (Lipinski definition) is 2. The van der Waals surface area contributed by atoms with E-state index in [9.17, 15) is 9.18 Å². The molecule has 0 aliphatic carbocycles. The maximum Gasteiger partial charge on any atom is 0.263 e. The van der Waals surface area contributed by atoms with Gasteiger partial charge in [-0.2, -0.15) is 0 Å². The van der Waals surface area contributed by atoms with Crippen LogP contribution < -0.4 is 15.0 Å². The maximum atomic E-state index is 15.4. The highest BCUT2D eigenvalue weighted by Gasteiger charge is 2.29. The van der Waals surface area contributed by atoms with E-state index >= 15 is 4.39 Å². The third kappa shape index (κ3) is 5.50. The minimum absolute atomic E-state index is 0.0236. The highest BCUT2D eigenvalue weighted by atomic mass is 19.1. The van der Waals surface area contributed by atoms with E-state index in [2.05, 4.69) is 42.1 Å². The van der Waals surface area contributed by atoms with Crippen molar-refractivity contribution in [1.82, 2.24) is 29.7 Å². The van der Waals surface area contributed by atoms with Crippen molar-refractivity contribution in [1.29, 1.82) is 0 Å². The van der Waals surface area contributed by atoms with E-state index in [4.69, 9.17) is 9.47 Å². The van der Waals surface area contributed by atoms with E-state index in [1.54, 1.807) is 24.1 Å². The first-order valence-electron chi connectivity index (χ1n) is 13.4. The summed E-state index contributed by atoms with van der Waals surface area (Å²) in [6.07, 6.45) is 2.96. The number of nitrogens with one attached hydrogen (secondary N) is 2. The number of benzene rings is 1. The highest BCUT2D eigenvalue weighted by Crippen LogP contribution is 2.35. The Kier molecular flexibility index (Phi) is 7.37. The molecule has 0 atom stereocenters. The summed E-state index contributed by atoms with van der Waals surface area (Å²) in [5.41, 5.74) is 1.60. The van der Waals surface area contributed by atoms with Gasteiger partial charge in [-0.1, -0.05) is 0 Å². The van der Waals surface area contributed by atoms with E-state index < -0.39 is 23.3 Å². The smallest absolute Gasteiger partial charge is 0.263 e. The zero-order chi connectivity index (χ0) is 28.5. The average Bonchev–Trinajstić information content (AvgIpc) is 3.39. The molecule has 2 N–H and O–H groups in total. The molecule has 3 aromatic heterocycles. The Balaban J connectivity index is 1.33. The highest BCUT2D eigenvalue weighted by molar-refractivity contribution is 6.01. The Morgan fingerprint density at radius 2 is 1.83 bits per heavy atom. The molecular formula is C28H30F2N8O3. The van der Waals surface area contributed by atoms with Crippen LogP contribution in [0.3, 0.4) is 0 Å². The largest absolute Gasteiger partial charge is 0.435 e. The molecule has 1 aromatic carbocycles.